The second-order valence-electron chi connectivity index (χ2n) is 11.8. The van der Waals surface area contributed by atoms with Crippen molar-refractivity contribution >= 4 is 36.4 Å². The molecule has 2 aliphatic carbocycles. The summed E-state index contributed by atoms with van der Waals surface area (Å²) in [6.07, 6.45) is 10.6. The second kappa shape index (κ2) is 14.0. The fraction of sp³-hybridized carbons (Fsp3) is 0.351. The number of benzene rings is 4. The molecule has 0 spiro atoms. The maximum Gasteiger partial charge on any atom is 0.0936 e. The molecule has 6 rings (SSSR count). The van der Waals surface area contributed by atoms with E-state index in [2.05, 4.69) is 129 Å². The van der Waals surface area contributed by atoms with E-state index in [1.807, 2.05) is 0 Å². The van der Waals surface area contributed by atoms with Gasteiger partial charge < -0.3 is 5.11 Å². The first kappa shape index (κ1) is 29.2. The van der Waals surface area contributed by atoms with E-state index in [1.165, 1.54) is 66.2 Å². The van der Waals surface area contributed by atoms with Gasteiger partial charge in [0, 0.05) is 13.2 Å². The van der Waals surface area contributed by atoms with Crippen LogP contribution < -0.4 is 21.2 Å². The van der Waals surface area contributed by atoms with E-state index in [0.29, 0.717) is 11.6 Å². The number of aliphatic hydroxyl groups is 1. The molecule has 40 heavy (non-hydrogen) atoms. The van der Waals surface area contributed by atoms with Gasteiger partial charge in [0.25, 0.3) is 0 Å². The minimum absolute atomic E-state index is 0.295. The van der Waals surface area contributed by atoms with Crippen LogP contribution in [-0.2, 0) is 0 Å². The number of hydrogen-bond donors (Lipinski definition) is 1. The topological polar surface area (TPSA) is 20.2 Å². The molecule has 3 heteroatoms. The standard InChI is InChI=1S/C32H35OP2.C5H10/c1-35(2,27-19-10-5-11-20-27)31-24-14-22-29(31)32(33)28-21-12-13-23-30(28)34(25-15-6-3-7-16-25)26-17-8-4-9-18-26;1-2-4-5-3-1/h3-13,15-21,23,29,31-33H,14,22,24H2,1-2H3;1-5H2/q+1;/t29?,31?,32-;/m0./s1. The van der Waals surface area contributed by atoms with Crippen molar-refractivity contribution in [1.29, 1.82) is 0 Å². The molecular weight excluding hydrogens is 522 g/mol. The average Bonchev–Trinajstić information content (AvgIpc) is 3.75. The highest BCUT2D eigenvalue weighted by atomic mass is 31.2. The van der Waals surface area contributed by atoms with Gasteiger partial charge in [0.2, 0.25) is 0 Å². The van der Waals surface area contributed by atoms with Crippen LogP contribution >= 0.6 is 15.2 Å². The first-order valence-corrected chi connectivity index (χ1v) is 19.2. The summed E-state index contributed by atoms with van der Waals surface area (Å²) in [6, 6.07) is 41.4. The largest absolute Gasteiger partial charge is 0.388 e. The Balaban J connectivity index is 0.000000582. The van der Waals surface area contributed by atoms with Crippen molar-refractivity contribution < 1.29 is 5.11 Å². The van der Waals surface area contributed by atoms with E-state index in [-0.39, 0.29) is 0 Å². The van der Waals surface area contributed by atoms with Crippen molar-refractivity contribution in [2.24, 2.45) is 5.92 Å². The van der Waals surface area contributed by atoms with Crippen molar-refractivity contribution in [3.05, 3.63) is 121 Å². The molecule has 3 atom stereocenters. The fourth-order valence-corrected chi connectivity index (χ4v) is 12.7. The average molecular weight is 568 g/mol. The molecular formula is C37H45OP2+. The summed E-state index contributed by atoms with van der Waals surface area (Å²) in [5.74, 6) is 0.295. The lowest BCUT2D eigenvalue weighted by molar-refractivity contribution is 0.114. The van der Waals surface area contributed by atoms with E-state index in [9.17, 15) is 5.11 Å². The Kier molecular flexibility index (Phi) is 10.3. The van der Waals surface area contributed by atoms with Gasteiger partial charge in [-0.25, -0.2) is 0 Å². The summed E-state index contributed by atoms with van der Waals surface area (Å²) in [4.78, 5) is 0. The zero-order valence-electron chi connectivity index (χ0n) is 24.2. The molecule has 0 aliphatic heterocycles. The van der Waals surface area contributed by atoms with Crippen LogP contribution in [0.1, 0.15) is 63.0 Å². The predicted molar refractivity (Wildman–Crippen MR) is 179 cm³/mol. The zero-order valence-corrected chi connectivity index (χ0v) is 26.0. The molecule has 0 saturated heterocycles. The summed E-state index contributed by atoms with van der Waals surface area (Å²) >= 11 is 0. The summed E-state index contributed by atoms with van der Waals surface area (Å²) < 4.78 is 0. The summed E-state index contributed by atoms with van der Waals surface area (Å²) in [5.41, 5.74) is 1.67. The van der Waals surface area contributed by atoms with Crippen molar-refractivity contribution in [1.82, 2.24) is 0 Å². The van der Waals surface area contributed by atoms with Gasteiger partial charge in [-0.05, 0) is 60.8 Å². The molecule has 4 aromatic rings. The van der Waals surface area contributed by atoms with Gasteiger partial charge >= 0.3 is 0 Å². The normalized spacial score (nSPS) is 19.7. The quantitative estimate of drug-likeness (QED) is 0.223. The van der Waals surface area contributed by atoms with Gasteiger partial charge in [-0.3, -0.25) is 0 Å². The Morgan fingerprint density at radius 3 is 1.62 bits per heavy atom. The van der Waals surface area contributed by atoms with Crippen LogP contribution in [0.15, 0.2) is 115 Å². The van der Waals surface area contributed by atoms with E-state index >= 15 is 0 Å². The number of rotatable bonds is 7. The van der Waals surface area contributed by atoms with Gasteiger partial charge in [0.1, 0.15) is 0 Å². The minimum atomic E-state index is -1.38. The van der Waals surface area contributed by atoms with Crippen LogP contribution in [0.3, 0.4) is 0 Å². The van der Waals surface area contributed by atoms with Gasteiger partial charge in [-0.15, -0.1) is 0 Å². The van der Waals surface area contributed by atoms with Gasteiger partial charge in [-0.2, -0.15) is 0 Å². The van der Waals surface area contributed by atoms with E-state index in [0.717, 1.165) is 12.0 Å². The Morgan fingerprint density at radius 2 is 1.07 bits per heavy atom. The molecule has 4 aromatic carbocycles. The molecule has 2 fully saturated rings. The lowest BCUT2D eigenvalue weighted by Gasteiger charge is -2.33. The smallest absolute Gasteiger partial charge is 0.0936 e. The summed E-state index contributed by atoms with van der Waals surface area (Å²) in [7, 11) is -2.13. The van der Waals surface area contributed by atoms with Gasteiger partial charge in [0.05, 0.1) is 30.4 Å². The fourth-order valence-electron chi connectivity index (χ4n) is 6.78. The molecule has 1 nitrogen and oxygen atoms in total. The third kappa shape index (κ3) is 6.77. The van der Waals surface area contributed by atoms with E-state index in [1.54, 1.807) is 0 Å². The monoisotopic (exact) mass is 567 g/mol. The highest BCUT2D eigenvalue weighted by molar-refractivity contribution is 7.82. The molecule has 208 valence electrons. The van der Waals surface area contributed by atoms with Crippen LogP contribution in [0.25, 0.3) is 0 Å². The first-order valence-electron chi connectivity index (χ1n) is 15.1. The maximum absolute atomic E-state index is 12.1. The summed E-state index contributed by atoms with van der Waals surface area (Å²) in [6.45, 7) is 4.95. The van der Waals surface area contributed by atoms with Crippen LogP contribution in [0, 0.1) is 5.92 Å². The number of aliphatic hydroxyl groups excluding tert-OH is 1. The molecule has 2 aliphatic rings. The van der Waals surface area contributed by atoms with Crippen molar-refractivity contribution in [3.8, 4) is 0 Å². The van der Waals surface area contributed by atoms with E-state index in [4.69, 9.17) is 0 Å². The molecule has 0 aromatic heterocycles. The lowest BCUT2D eigenvalue weighted by Crippen LogP contribution is -2.31. The van der Waals surface area contributed by atoms with Crippen molar-refractivity contribution in [2.45, 2.75) is 63.1 Å². The van der Waals surface area contributed by atoms with Crippen LogP contribution in [0.2, 0.25) is 0 Å². The highest BCUT2D eigenvalue weighted by Gasteiger charge is 2.49. The van der Waals surface area contributed by atoms with Crippen LogP contribution in [0.4, 0.5) is 0 Å². The number of hydrogen-bond acceptors (Lipinski definition) is 1. The maximum atomic E-state index is 12.1. The Hall–Kier alpha value is -2.30. The Morgan fingerprint density at radius 1 is 0.600 bits per heavy atom. The molecule has 2 saturated carbocycles. The SMILES string of the molecule is C1CCCC1.C[P+](C)(c1ccccc1)C1CCCC1[C@@H](O)c1ccccc1P(c1ccccc1)c1ccccc1. The summed E-state index contributed by atoms with van der Waals surface area (Å²) in [5, 5.41) is 17.5. The van der Waals surface area contributed by atoms with Crippen molar-refractivity contribution in [2.75, 3.05) is 13.3 Å². The molecule has 2 unspecified atom stereocenters. The van der Waals surface area contributed by atoms with Crippen LogP contribution in [-0.4, -0.2) is 24.1 Å². The van der Waals surface area contributed by atoms with Gasteiger partial charge in [-0.1, -0.05) is 135 Å². The molecule has 1 N–H and O–H groups in total. The minimum Gasteiger partial charge on any atom is -0.388 e. The highest BCUT2D eigenvalue weighted by Crippen LogP contribution is 2.63. The predicted octanol–water partition coefficient (Wildman–Crippen LogP) is 8.20. The third-order valence-corrected chi connectivity index (χ3v) is 15.4. The van der Waals surface area contributed by atoms with E-state index < -0.39 is 21.3 Å². The second-order valence-corrected chi connectivity index (χ2v) is 18.3. The molecule has 0 heterocycles. The molecule has 0 amide bonds. The van der Waals surface area contributed by atoms with Crippen molar-refractivity contribution in [3.63, 3.8) is 0 Å². The van der Waals surface area contributed by atoms with Gasteiger partial charge in [0.15, 0.2) is 0 Å². The zero-order chi connectivity index (χ0) is 27.8. The van der Waals surface area contributed by atoms with Crippen LogP contribution in [0.5, 0.6) is 0 Å². The third-order valence-electron chi connectivity index (χ3n) is 8.96. The molecule has 0 bridgehead atoms. The lowest BCUT2D eigenvalue weighted by atomic mass is 9.94. The molecule has 0 radical (unpaired) electrons. The Bertz CT molecular complexity index is 1250. The first-order chi connectivity index (χ1) is 19.6. The Labute approximate surface area is 244 Å².